The molecule has 0 radical (unpaired) electrons. The fraction of sp³-hybridized carbons (Fsp3) is 0.696. The van der Waals surface area contributed by atoms with Gasteiger partial charge in [-0.1, -0.05) is 6.92 Å². The molecule has 8 heteroatoms. The molecule has 0 aliphatic heterocycles. The van der Waals surface area contributed by atoms with Crippen LogP contribution in [0.5, 0.6) is 5.75 Å². The molecule has 1 aromatic rings. The molecule has 5 rings (SSSR count). The SMILES string of the molecule is CCOc1cc2c(cc1N(C(C)=O)S(=O)(=O)O)CC[C@@H]1[C@@H]2CC[C@]2(C)[C@H](O)C[C@@H]3C[C@]312. The first-order valence-electron chi connectivity index (χ1n) is 11.3. The molecule has 7 nitrogen and oxygen atoms in total. The van der Waals surface area contributed by atoms with Gasteiger partial charge in [-0.3, -0.25) is 9.35 Å². The highest BCUT2D eigenvalue weighted by atomic mass is 32.2. The van der Waals surface area contributed by atoms with Crippen molar-refractivity contribution in [2.75, 3.05) is 10.9 Å². The van der Waals surface area contributed by atoms with Crippen molar-refractivity contribution in [1.29, 1.82) is 0 Å². The maximum atomic E-state index is 12.1. The number of carbonyl (C=O) groups excluding carboxylic acids is 1. The molecule has 0 unspecified atom stereocenters. The Bertz CT molecular complexity index is 1050. The lowest BCUT2D eigenvalue weighted by Crippen LogP contribution is -2.47. The molecule has 3 saturated carbocycles. The highest BCUT2D eigenvalue weighted by Crippen LogP contribution is 2.81. The topological polar surface area (TPSA) is 104 Å². The second-order valence-electron chi connectivity index (χ2n) is 10.1. The number of nitrogens with zero attached hydrogens (tertiary/aromatic N) is 1. The number of aliphatic hydroxyl groups is 1. The molecule has 0 aromatic heterocycles. The van der Waals surface area contributed by atoms with Crippen LogP contribution in [0.3, 0.4) is 0 Å². The van der Waals surface area contributed by atoms with Gasteiger partial charge in [-0.05, 0) is 97.3 Å². The largest absolute Gasteiger partial charge is 0.492 e. The lowest BCUT2D eigenvalue weighted by Gasteiger charge is -2.53. The van der Waals surface area contributed by atoms with Gasteiger partial charge in [0, 0.05) is 6.92 Å². The lowest BCUT2D eigenvalue weighted by molar-refractivity contribution is -0.115. The molecular weight excluding hydrogens is 418 g/mol. The van der Waals surface area contributed by atoms with Crippen LogP contribution in [0.4, 0.5) is 5.69 Å². The number of aryl methyl sites for hydroxylation is 1. The van der Waals surface area contributed by atoms with E-state index in [2.05, 4.69) is 6.92 Å². The summed E-state index contributed by atoms with van der Waals surface area (Å²) in [4.78, 5) is 12.1. The number of benzene rings is 1. The van der Waals surface area contributed by atoms with Crippen molar-refractivity contribution in [1.82, 2.24) is 0 Å². The van der Waals surface area contributed by atoms with Crippen molar-refractivity contribution >= 4 is 21.9 Å². The third kappa shape index (κ3) is 2.77. The summed E-state index contributed by atoms with van der Waals surface area (Å²) in [5.41, 5.74) is 2.48. The van der Waals surface area contributed by atoms with Gasteiger partial charge in [0.2, 0.25) is 5.91 Å². The van der Waals surface area contributed by atoms with E-state index in [9.17, 15) is 22.9 Å². The van der Waals surface area contributed by atoms with Crippen LogP contribution in [-0.4, -0.2) is 36.7 Å². The van der Waals surface area contributed by atoms with Crippen LogP contribution in [0.25, 0.3) is 0 Å². The smallest absolute Gasteiger partial charge is 0.366 e. The van der Waals surface area contributed by atoms with E-state index in [1.54, 1.807) is 13.0 Å². The Hall–Kier alpha value is -1.64. The van der Waals surface area contributed by atoms with E-state index in [4.69, 9.17) is 4.74 Å². The van der Waals surface area contributed by atoms with Gasteiger partial charge in [-0.15, -0.1) is 0 Å². The number of amides is 1. The van der Waals surface area contributed by atoms with Crippen LogP contribution in [-0.2, 0) is 21.5 Å². The minimum atomic E-state index is -4.76. The van der Waals surface area contributed by atoms with Crippen LogP contribution in [0.15, 0.2) is 12.1 Å². The number of carbonyl (C=O) groups is 1. The molecule has 0 heterocycles. The Labute approximate surface area is 183 Å². The summed E-state index contributed by atoms with van der Waals surface area (Å²) in [5.74, 6) is 0.980. The highest BCUT2D eigenvalue weighted by molar-refractivity contribution is 7.88. The third-order valence-electron chi connectivity index (χ3n) is 8.96. The maximum Gasteiger partial charge on any atom is 0.366 e. The van der Waals surface area contributed by atoms with Gasteiger partial charge in [-0.25, -0.2) is 0 Å². The molecule has 6 atom stereocenters. The Morgan fingerprint density at radius 1 is 1.32 bits per heavy atom. The van der Waals surface area contributed by atoms with E-state index < -0.39 is 16.2 Å². The lowest BCUT2D eigenvalue weighted by atomic mass is 9.52. The monoisotopic (exact) mass is 449 g/mol. The average molecular weight is 450 g/mol. The Morgan fingerprint density at radius 3 is 2.71 bits per heavy atom. The number of aliphatic hydroxyl groups excluding tert-OH is 1. The van der Waals surface area contributed by atoms with E-state index >= 15 is 0 Å². The standard InChI is InChI=1S/C23H31NO6S/c1-4-30-20-11-17-14(9-19(20)24(13(2)25)31(27,28)29)5-6-18-16(17)7-8-22(3)21(26)10-15-12-23(15,18)22/h9,11,15-16,18,21,26H,4-8,10,12H2,1-3H3,(H,27,28,29)/t15-,16-,18-,21-,22-,23+/m1/s1. The fourth-order valence-corrected chi connectivity index (χ4v) is 8.41. The molecule has 1 spiro atoms. The van der Waals surface area contributed by atoms with Gasteiger partial charge in [-0.2, -0.15) is 12.7 Å². The predicted octanol–water partition coefficient (Wildman–Crippen LogP) is 3.46. The van der Waals surface area contributed by atoms with Crippen LogP contribution < -0.4 is 9.04 Å². The van der Waals surface area contributed by atoms with E-state index in [1.165, 1.54) is 12.0 Å². The van der Waals surface area contributed by atoms with Crippen molar-refractivity contribution in [3.8, 4) is 5.75 Å². The molecule has 3 fully saturated rings. The molecule has 1 amide bonds. The highest BCUT2D eigenvalue weighted by Gasteiger charge is 2.76. The van der Waals surface area contributed by atoms with Crippen molar-refractivity contribution < 1.29 is 27.6 Å². The van der Waals surface area contributed by atoms with E-state index in [0.29, 0.717) is 34.4 Å². The number of rotatable bonds is 4. The van der Waals surface area contributed by atoms with Gasteiger partial charge in [0.15, 0.2) is 0 Å². The van der Waals surface area contributed by atoms with E-state index in [0.717, 1.165) is 44.6 Å². The summed E-state index contributed by atoms with van der Waals surface area (Å²) in [5, 5.41) is 10.8. The second kappa shape index (κ2) is 6.68. The number of ether oxygens (including phenoxy) is 1. The van der Waals surface area contributed by atoms with Gasteiger partial charge < -0.3 is 9.84 Å². The summed E-state index contributed by atoms with van der Waals surface area (Å²) in [6.45, 7) is 5.51. The first-order chi connectivity index (χ1) is 14.5. The molecular formula is C23H31NO6S. The van der Waals surface area contributed by atoms with Crippen molar-refractivity contribution in [3.05, 3.63) is 23.3 Å². The summed E-state index contributed by atoms with van der Waals surface area (Å²) >= 11 is 0. The number of fused-ring (bicyclic) bond motifs is 3. The van der Waals surface area contributed by atoms with Gasteiger partial charge in [0.25, 0.3) is 0 Å². The number of hydrogen-bond acceptors (Lipinski definition) is 5. The van der Waals surface area contributed by atoms with E-state index in [1.807, 2.05) is 6.07 Å². The summed E-state index contributed by atoms with van der Waals surface area (Å²) in [7, 11) is -4.76. The fourth-order valence-electron chi connectivity index (χ4n) is 7.69. The van der Waals surface area contributed by atoms with Crippen LogP contribution >= 0.6 is 0 Å². The van der Waals surface area contributed by atoms with Gasteiger partial charge in [0.05, 0.1) is 12.7 Å². The first kappa shape index (κ1) is 21.2. The van der Waals surface area contributed by atoms with Crippen molar-refractivity contribution in [3.63, 3.8) is 0 Å². The molecule has 31 heavy (non-hydrogen) atoms. The molecule has 4 aliphatic rings. The first-order valence-corrected chi connectivity index (χ1v) is 12.7. The molecule has 2 N–H and O–H groups in total. The van der Waals surface area contributed by atoms with E-state index in [-0.39, 0.29) is 22.6 Å². The van der Waals surface area contributed by atoms with Crippen molar-refractivity contribution in [2.45, 2.75) is 71.3 Å². The van der Waals surface area contributed by atoms with Gasteiger partial charge >= 0.3 is 10.3 Å². The van der Waals surface area contributed by atoms with Crippen LogP contribution in [0.2, 0.25) is 0 Å². The zero-order chi connectivity index (χ0) is 22.3. The van der Waals surface area contributed by atoms with Crippen LogP contribution in [0, 0.1) is 22.7 Å². The second-order valence-corrected chi connectivity index (χ2v) is 11.4. The third-order valence-corrected chi connectivity index (χ3v) is 9.88. The van der Waals surface area contributed by atoms with Crippen molar-refractivity contribution in [2.24, 2.45) is 22.7 Å². The molecule has 1 aromatic carbocycles. The minimum absolute atomic E-state index is 0.00454. The Balaban J connectivity index is 1.59. The average Bonchev–Trinajstić information content (AvgIpc) is 3.33. The Morgan fingerprint density at radius 2 is 2.06 bits per heavy atom. The van der Waals surface area contributed by atoms with Gasteiger partial charge in [0.1, 0.15) is 11.4 Å². The molecule has 0 saturated heterocycles. The number of anilines is 1. The predicted molar refractivity (Wildman–Crippen MR) is 115 cm³/mol. The quantitative estimate of drug-likeness (QED) is 0.682. The zero-order valence-corrected chi connectivity index (χ0v) is 19.1. The molecule has 170 valence electrons. The number of hydrogen-bond donors (Lipinski definition) is 2. The minimum Gasteiger partial charge on any atom is -0.492 e. The summed E-state index contributed by atoms with van der Waals surface area (Å²) in [6.07, 6.45) is 5.66. The Kier molecular flexibility index (Phi) is 4.57. The molecule has 4 aliphatic carbocycles. The van der Waals surface area contributed by atoms with Crippen LogP contribution in [0.1, 0.15) is 69.9 Å². The zero-order valence-electron chi connectivity index (χ0n) is 18.3. The molecule has 0 bridgehead atoms. The normalized spacial score (nSPS) is 37.8. The summed E-state index contributed by atoms with van der Waals surface area (Å²) < 4.78 is 39.8. The maximum absolute atomic E-state index is 12.1. The summed E-state index contributed by atoms with van der Waals surface area (Å²) in [6, 6.07) is 3.61.